The first kappa shape index (κ1) is 18.3. The molecule has 0 aromatic heterocycles. The number of carbonyl (C=O) groups is 1. The Morgan fingerprint density at radius 3 is 2.36 bits per heavy atom. The van der Waals surface area contributed by atoms with E-state index in [0.29, 0.717) is 17.1 Å². The molecule has 5 nitrogen and oxygen atoms in total. The van der Waals surface area contributed by atoms with Crippen LogP contribution in [0.4, 0.5) is 5.69 Å². The fraction of sp³-hybridized carbons (Fsp3) is 0.588. The summed E-state index contributed by atoms with van der Waals surface area (Å²) in [7, 11) is 3.18. The Balaban J connectivity index is 2.87. The van der Waals surface area contributed by atoms with Gasteiger partial charge in [-0.25, -0.2) is 0 Å². The predicted molar refractivity (Wildman–Crippen MR) is 88.5 cm³/mol. The van der Waals surface area contributed by atoms with E-state index >= 15 is 0 Å². The number of hydrogen-bond acceptors (Lipinski definition) is 5. The van der Waals surface area contributed by atoms with Gasteiger partial charge in [0.15, 0.2) is 6.29 Å². The van der Waals surface area contributed by atoms with E-state index in [9.17, 15) is 4.79 Å². The highest BCUT2D eigenvalue weighted by Crippen LogP contribution is 2.35. The average Bonchev–Trinajstić information content (AvgIpc) is 2.57. The predicted octanol–water partition coefficient (Wildman–Crippen LogP) is 3.16. The van der Waals surface area contributed by atoms with E-state index < -0.39 is 0 Å². The van der Waals surface area contributed by atoms with Crippen molar-refractivity contribution in [1.29, 1.82) is 0 Å². The third-order valence-corrected chi connectivity index (χ3v) is 3.55. The standard InChI is InChI=1S/C17H27NO4/c1-5-18(9-7-8-10-22-6-2)15-12-16(20-3)14(13-19)11-17(15)21-4/h11-13H,5-10H2,1-4H3. The highest BCUT2D eigenvalue weighted by atomic mass is 16.5. The number of rotatable bonds is 11. The van der Waals surface area contributed by atoms with Crippen LogP contribution in [0.2, 0.25) is 0 Å². The lowest BCUT2D eigenvalue weighted by molar-refractivity contribution is 0.112. The molecule has 124 valence electrons. The van der Waals surface area contributed by atoms with Crippen molar-refractivity contribution in [3.63, 3.8) is 0 Å². The summed E-state index contributed by atoms with van der Waals surface area (Å²) in [5.74, 6) is 1.26. The molecule has 0 unspecified atom stereocenters. The van der Waals surface area contributed by atoms with Crippen molar-refractivity contribution >= 4 is 12.0 Å². The Labute approximate surface area is 133 Å². The molecular weight excluding hydrogens is 282 g/mol. The van der Waals surface area contributed by atoms with Gasteiger partial charge in [0, 0.05) is 32.4 Å². The molecular formula is C17H27NO4. The van der Waals surface area contributed by atoms with Crippen molar-refractivity contribution in [3.05, 3.63) is 17.7 Å². The molecule has 0 N–H and O–H groups in total. The molecule has 0 fully saturated rings. The molecule has 0 saturated carbocycles. The van der Waals surface area contributed by atoms with Crippen LogP contribution in [-0.2, 0) is 4.74 Å². The van der Waals surface area contributed by atoms with Crippen molar-refractivity contribution in [3.8, 4) is 11.5 Å². The summed E-state index contributed by atoms with van der Waals surface area (Å²) in [6.45, 7) is 7.42. The summed E-state index contributed by atoms with van der Waals surface area (Å²) >= 11 is 0. The summed E-state index contributed by atoms with van der Waals surface area (Å²) in [6.07, 6.45) is 2.84. The normalized spacial score (nSPS) is 10.4. The van der Waals surface area contributed by atoms with Gasteiger partial charge in [-0.1, -0.05) is 0 Å². The Morgan fingerprint density at radius 2 is 1.82 bits per heavy atom. The van der Waals surface area contributed by atoms with E-state index in [1.807, 2.05) is 13.0 Å². The zero-order valence-electron chi connectivity index (χ0n) is 14.1. The van der Waals surface area contributed by atoms with Crippen LogP contribution in [0.1, 0.15) is 37.0 Å². The summed E-state index contributed by atoms with van der Waals surface area (Å²) < 4.78 is 16.1. The molecule has 0 spiro atoms. The minimum atomic E-state index is 0.496. The van der Waals surface area contributed by atoms with Crippen molar-refractivity contribution in [2.24, 2.45) is 0 Å². The van der Waals surface area contributed by atoms with E-state index in [1.54, 1.807) is 20.3 Å². The lowest BCUT2D eigenvalue weighted by Crippen LogP contribution is -2.25. The van der Waals surface area contributed by atoms with Gasteiger partial charge < -0.3 is 19.1 Å². The number of nitrogens with zero attached hydrogens (tertiary/aromatic N) is 1. The topological polar surface area (TPSA) is 48.0 Å². The van der Waals surface area contributed by atoms with E-state index in [-0.39, 0.29) is 0 Å². The van der Waals surface area contributed by atoms with E-state index in [4.69, 9.17) is 14.2 Å². The summed E-state index contributed by atoms with van der Waals surface area (Å²) in [5.41, 5.74) is 1.44. The average molecular weight is 309 g/mol. The maximum Gasteiger partial charge on any atom is 0.153 e. The monoisotopic (exact) mass is 309 g/mol. The Kier molecular flexibility index (Phi) is 8.36. The van der Waals surface area contributed by atoms with Crippen LogP contribution in [0.25, 0.3) is 0 Å². The molecule has 0 heterocycles. The molecule has 0 amide bonds. The quantitative estimate of drug-likeness (QED) is 0.464. The third kappa shape index (κ3) is 4.91. The smallest absolute Gasteiger partial charge is 0.153 e. The number of benzene rings is 1. The van der Waals surface area contributed by atoms with Gasteiger partial charge in [-0.2, -0.15) is 0 Å². The molecule has 0 saturated heterocycles. The molecule has 1 aromatic carbocycles. The van der Waals surface area contributed by atoms with E-state index in [1.165, 1.54) is 0 Å². The molecule has 0 radical (unpaired) electrons. The first-order chi connectivity index (χ1) is 10.7. The second kappa shape index (κ2) is 10.1. The first-order valence-electron chi connectivity index (χ1n) is 7.75. The number of hydrogen-bond donors (Lipinski definition) is 0. The molecule has 0 bridgehead atoms. The zero-order chi connectivity index (χ0) is 16.4. The van der Waals surface area contributed by atoms with Crippen LogP contribution < -0.4 is 14.4 Å². The van der Waals surface area contributed by atoms with Gasteiger partial charge in [0.2, 0.25) is 0 Å². The van der Waals surface area contributed by atoms with E-state index in [2.05, 4.69) is 11.8 Å². The zero-order valence-corrected chi connectivity index (χ0v) is 14.1. The second-order valence-electron chi connectivity index (χ2n) is 4.87. The Hall–Kier alpha value is -1.75. The van der Waals surface area contributed by atoms with Gasteiger partial charge in [-0.15, -0.1) is 0 Å². The lowest BCUT2D eigenvalue weighted by atomic mass is 10.1. The fourth-order valence-electron chi connectivity index (χ4n) is 2.34. The fourth-order valence-corrected chi connectivity index (χ4v) is 2.34. The number of aldehydes is 1. The largest absolute Gasteiger partial charge is 0.496 e. The highest BCUT2D eigenvalue weighted by molar-refractivity contribution is 5.83. The molecule has 0 aliphatic rings. The van der Waals surface area contributed by atoms with Crippen LogP contribution in [0, 0.1) is 0 Å². The molecule has 5 heteroatoms. The number of unbranched alkanes of at least 4 members (excludes halogenated alkanes) is 1. The van der Waals surface area contributed by atoms with Crippen LogP contribution >= 0.6 is 0 Å². The molecule has 1 rings (SSSR count). The van der Waals surface area contributed by atoms with Crippen LogP contribution in [0.5, 0.6) is 11.5 Å². The SMILES string of the molecule is CCOCCCCN(CC)c1cc(OC)c(C=O)cc1OC. The maximum absolute atomic E-state index is 11.1. The third-order valence-electron chi connectivity index (χ3n) is 3.55. The maximum atomic E-state index is 11.1. The summed E-state index contributed by atoms with van der Waals surface area (Å²) in [6, 6.07) is 3.60. The molecule has 1 aromatic rings. The summed E-state index contributed by atoms with van der Waals surface area (Å²) in [4.78, 5) is 13.3. The van der Waals surface area contributed by atoms with Gasteiger partial charge in [0.25, 0.3) is 0 Å². The molecule has 22 heavy (non-hydrogen) atoms. The lowest BCUT2D eigenvalue weighted by Gasteiger charge is -2.26. The van der Waals surface area contributed by atoms with Gasteiger partial charge in [0.1, 0.15) is 11.5 Å². The van der Waals surface area contributed by atoms with Gasteiger partial charge >= 0.3 is 0 Å². The molecule has 0 aliphatic heterocycles. The minimum absolute atomic E-state index is 0.496. The summed E-state index contributed by atoms with van der Waals surface area (Å²) in [5, 5.41) is 0. The van der Waals surface area contributed by atoms with Crippen LogP contribution in [0.15, 0.2) is 12.1 Å². The first-order valence-corrected chi connectivity index (χ1v) is 7.75. The number of anilines is 1. The minimum Gasteiger partial charge on any atom is -0.496 e. The highest BCUT2D eigenvalue weighted by Gasteiger charge is 2.15. The number of ether oxygens (including phenoxy) is 3. The Bertz CT molecular complexity index is 462. The van der Waals surface area contributed by atoms with Crippen molar-refractivity contribution in [2.75, 3.05) is 45.4 Å². The van der Waals surface area contributed by atoms with Crippen LogP contribution in [0.3, 0.4) is 0 Å². The molecule has 0 aliphatic carbocycles. The van der Waals surface area contributed by atoms with Gasteiger partial charge in [0.05, 0.1) is 25.5 Å². The van der Waals surface area contributed by atoms with Crippen molar-refractivity contribution in [2.45, 2.75) is 26.7 Å². The van der Waals surface area contributed by atoms with Crippen LogP contribution in [-0.4, -0.2) is 46.8 Å². The Morgan fingerprint density at radius 1 is 1.09 bits per heavy atom. The number of carbonyl (C=O) groups excluding carboxylic acids is 1. The van der Waals surface area contributed by atoms with Gasteiger partial charge in [-0.05, 0) is 32.8 Å². The van der Waals surface area contributed by atoms with Gasteiger partial charge in [-0.3, -0.25) is 4.79 Å². The molecule has 0 atom stereocenters. The van der Waals surface area contributed by atoms with Crippen molar-refractivity contribution < 1.29 is 19.0 Å². The van der Waals surface area contributed by atoms with Crippen molar-refractivity contribution in [1.82, 2.24) is 0 Å². The van der Waals surface area contributed by atoms with E-state index in [0.717, 1.165) is 51.1 Å². The number of methoxy groups -OCH3 is 2. The second-order valence-corrected chi connectivity index (χ2v) is 4.87.